The quantitative estimate of drug-likeness (QED) is 0.749. The monoisotopic (exact) mass is 324 g/mol. The number of nitrogens with one attached hydrogen (secondary N) is 1. The zero-order valence-electron chi connectivity index (χ0n) is 12.7. The Morgan fingerprint density at radius 1 is 1.41 bits per heavy atom. The molecule has 22 heavy (non-hydrogen) atoms. The molecule has 0 atom stereocenters. The zero-order valence-corrected chi connectivity index (χ0v) is 13.5. The number of aromatic nitrogens is 2. The van der Waals surface area contributed by atoms with Crippen LogP contribution in [-0.2, 0) is 21.4 Å². The molecule has 0 aliphatic rings. The second kappa shape index (κ2) is 6.89. The maximum Gasteiger partial charge on any atom is 0.235 e. The Labute approximate surface area is 130 Å². The Morgan fingerprint density at radius 2 is 2.18 bits per heavy atom. The molecule has 8 heteroatoms. The Kier molecular flexibility index (Phi) is 5.15. The number of pyridine rings is 1. The fourth-order valence-electron chi connectivity index (χ4n) is 2.05. The third-order valence-corrected chi connectivity index (χ3v) is 4.61. The zero-order chi connectivity index (χ0) is 16.2. The Bertz CT molecular complexity index is 754. The third-order valence-electron chi connectivity index (χ3n) is 3.35. The summed E-state index contributed by atoms with van der Waals surface area (Å²) >= 11 is 0. The minimum atomic E-state index is -3.33. The summed E-state index contributed by atoms with van der Waals surface area (Å²) < 4.78 is 25.5. The lowest BCUT2D eigenvalue weighted by Crippen LogP contribution is -2.38. The van der Waals surface area contributed by atoms with Crippen LogP contribution in [0.2, 0.25) is 0 Å². The molecule has 0 saturated heterocycles. The van der Waals surface area contributed by atoms with E-state index in [1.807, 2.05) is 29.0 Å². The minimum absolute atomic E-state index is 0.160. The molecule has 1 amide bonds. The lowest BCUT2D eigenvalue weighted by molar-refractivity contribution is -0.121. The van der Waals surface area contributed by atoms with Gasteiger partial charge in [0.1, 0.15) is 5.65 Å². The summed E-state index contributed by atoms with van der Waals surface area (Å²) in [5, 5.41) is 3.80. The summed E-state index contributed by atoms with van der Waals surface area (Å²) in [6.45, 7) is 1.07. The standard InChI is InChI=1S/C14H20N4O3S/c1-17(22(2,20)21)11-13(19)15-8-4-9-18-10-6-12-5-3-7-16-14(12)18/h3,5-7,10H,4,8-9,11H2,1-2H3,(H,15,19). The molecule has 0 saturated carbocycles. The van der Waals surface area contributed by atoms with E-state index in [4.69, 9.17) is 0 Å². The fourth-order valence-corrected chi connectivity index (χ4v) is 2.41. The fraction of sp³-hybridized carbons (Fsp3) is 0.429. The molecule has 0 aliphatic carbocycles. The first-order chi connectivity index (χ1) is 10.4. The van der Waals surface area contributed by atoms with Crippen molar-refractivity contribution in [2.75, 3.05) is 26.4 Å². The predicted octanol–water partition coefficient (Wildman–Crippen LogP) is 0.434. The van der Waals surface area contributed by atoms with Gasteiger partial charge in [0.15, 0.2) is 0 Å². The first-order valence-corrected chi connectivity index (χ1v) is 8.80. The van der Waals surface area contributed by atoms with Gasteiger partial charge in [0.25, 0.3) is 0 Å². The van der Waals surface area contributed by atoms with Crippen LogP contribution in [-0.4, -0.2) is 54.6 Å². The molecule has 0 spiro atoms. The predicted molar refractivity (Wildman–Crippen MR) is 84.8 cm³/mol. The minimum Gasteiger partial charge on any atom is -0.355 e. The van der Waals surface area contributed by atoms with Crippen LogP contribution < -0.4 is 5.32 Å². The highest BCUT2D eigenvalue weighted by atomic mass is 32.2. The van der Waals surface area contributed by atoms with Gasteiger partial charge in [-0.1, -0.05) is 0 Å². The third kappa shape index (κ3) is 4.28. The number of aryl methyl sites for hydroxylation is 1. The summed E-state index contributed by atoms with van der Waals surface area (Å²) in [7, 11) is -1.95. The summed E-state index contributed by atoms with van der Waals surface area (Å²) in [5.41, 5.74) is 0.922. The number of carbonyl (C=O) groups excluding carboxylic acids is 1. The number of likely N-dealkylation sites (N-methyl/N-ethyl adjacent to an activating group) is 1. The van der Waals surface area contributed by atoms with Crippen LogP contribution in [0.1, 0.15) is 6.42 Å². The number of amides is 1. The molecule has 2 heterocycles. The van der Waals surface area contributed by atoms with Crippen molar-refractivity contribution in [3.05, 3.63) is 30.6 Å². The molecule has 2 rings (SSSR count). The van der Waals surface area contributed by atoms with Gasteiger partial charge in [0.2, 0.25) is 15.9 Å². The van der Waals surface area contributed by atoms with Gasteiger partial charge in [-0.3, -0.25) is 4.79 Å². The summed E-state index contributed by atoms with van der Waals surface area (Å²) in [4.78, 5) is 16.0. The van der Waals surface area contributed by atoms with Crippen LogP contribution in [0.4, 0.5) is 0 Å². The molecule has 0 fully saturated rings. The topological polar surface area (TPSA) is 84.3 Å². The average molecular weight is 324 g/mol. The van der Waals surface area contributed by atoms with Gasteiger partial charge < -0.3 is 9.88 Å². The van der Waals surface area contributed by atoms with E-state index in [1.54, 1.807) is 6.20 Å². The number of sulfonamides is 1. The van der Waals surface area contributed by atoms with Gasteiger partial charge in [-0.05, 0) is 24.6 Å². The van der Waals surface area contributed by atoms with Gasteiger partial charge in [0, 0.05) is 37.9 Å². The van der Waals surface area contributed by atoms with Crippen LogP contribution in [0.5, 0.6) is 0 Å². The van der Waals surface area contributed by atoms with Crippen LogP contribution in [0.3, 0.4) is 0 Å². The Morgan fingerprint density at radius 3 is 2.91 bits per heavy atom. The summed E-state index contributed by atoms with van der Waals surface area (Å²) in [5.74, 6) is -0.302. The van der Waals surface area contributed by atoms with E-state index in [2.05, 4.69) is 10.3 Å². The molecule has 120 valence electrons. The molecule has 0 aromatic carbocycles. The Hall–Kier alpha value is -1.93. The van der Waals surface area contributed by atoms with E-state index in [0.29, 0.717) is 6.54 Å². The van der Waals surface area contributed by atoms with E-state index in [-0.39, 0.29) is 12.5 Å². The van der Waals surface area contributed by atoms with Gasteiger partial charge in [-0.15, -0.1) is 0 Å². The van der Waals surface area contributed by atoms with E-state index in [0.717, 1.165) is 34.6 Å². The summed E-state index contributed by atoms with van der Waals surface area (Å²) in [6, 6.07) is 5.90. The van der Waals surface area contributed by atoms with Crippen molar-refractivity contribution in [1.29, 1.82) is 0 Å². The smallest absolute Gasteiger partial charge is 0.235 e. The van der Waals surface area contributed by atoms with Crippen LogP contribution in [0, 0.1) is 0 Å². The largest absolute Gasteiger partial charge is 0.355 e. The highest BCUT2D eigenvalue weighted by Crippen LogP contribution is 2.12. The van der Waals surface area contributed by atoms with Crippen LogP contribution in [0.25, 0.3) is 11.0 Å². The second-order valence-corrected chi connectivity index (χ2v) is 7.24. The molecule has 1 N–H and O–H groups in total. The lowest BCUT2D eigenvalue weighted by Gasteiger charge is -2.13. The van der Waals surface area contributed by atoms with Gasteiger partial charge >= 0.3 is 0 Å². The van der Waals surface area contributed by atoms with Crippen molar-refractivity contribution < 1.29 is 13.2 Å². The normalized spacial score (nSPS) is 12.0. The molecule has 2 aromatic rings. The number of rotatable bonds is 7. The van der Waals surface area contributed by atoms with Crippen molar-refractivity contribution in [1.82, 2.24) is 19.2 Å². The van der Waals surface area contributed by atoms with E-state index < -0.39 is 10.0 Å². The highest BCUT2D eigenvalue weighted by Gasteiger charge is 2.14. The van der Waals surface area contributed by atoms with Crippen LogP contribution in [0.15, 0.2) is 30.6 Å². The lowest BCUT2D eigenvalue weighted by atomic mass is 10.3. The van der Waals surface area contributed by atoms with E-state index in [9.17, 15) is 13.2 Å². The summed E-state index contributed by atoms with van der Waals surface area (Å²) in [6.07, 6.45) is 5.54. The second-order valence-electron chi connectivity index (χ2n) is 5.15. The van der Waals surface area contributed by atoms with Crippen molar-refractivity contribution >= 4 is 27.0 Å². The molecule has 0 aliphatic heterocycles. The van der Waals surface area contributed by atoms with Crippen molar-refractivity contribution in [2.45, 2.75) is 13.0 Å². The SMILES string of the molecule is CN(CC(=O)NCCCn1ccc2cccnc21)S(C)(=O)=O. The first kappa shape index (κ1) is 16.4. The van der Waals surface area contributed by atoms with Crippen molar-refractivity contribution in [3.8, 4) is 0 Å². The molecule has 0 radical (unpaired) electrons. The van der Waals surface area contributed by atoms with E-state index >= 15 is 0 Å². The van der Waals surface area contributed by atoms with Gasteiger partial charge in [-0.2, -0.15) is 4.31 Å². The van der Waals surface area contributed by atoms with Gasteiger partial charge in [-0.25, -0.2) is 13.4 Å². The molecule has 7 nitrogen and oxygen atoms in total. The van der Waals surface area contributed by atoms with E-state index in [1.165, 1.54) is 7.05 Å². The first-order valence-electron chi connectivity index (χ1n) is 6.96. The number of fused-ring (bicyclic) bond motifs is 1. The number of hydrogen-bond donors (Lipinski definition) is 1. The molecule has 2 aromatic heterocycles. The van der Waals surface area contributed by atoms with Gasteiger partial charge in [0.05, 0.1) is 12.8 Å². The number of hydrogen-bond acceptors (Lipinski definition) is 4. The molecular formula is C14H20N4O3S. The van der Waals surface area contributed by atoms with Crippen molar-refractivity contribution in [3.63, 3.8) is 0 Å². The molecule has 0 unspecified atom stereocenters. The van der Waals surface area contributed by atoms with Crippen molar-refractivity contribution in [2.24, 2.45) is 0 Å². The number of nitrogens with zero attached hydrogens (tertiary/aromatic N) is 3. The molecular weight excluding hydrogens is 304 g/mol. The maximum atomic E-state index is 11.6. The maximum absolute atomic E-state index is 11.6. The highest BCUT2D eigenvalue weighted by molar-refractivity contribution is 7.88. The average Bonchev–Trinajstić information content (AvgIpc) is 2.86. The molecule has 0 bridgehead atoms. The number of carbonyl (C=O) groups is 1. The Balaban J connectivity index is 1.76. The van der Waals surface area contributed by atoms with Crippen LogP contribution >= 0.6 is 0 Å².